The molecule has 0 bridgehead atoms. The lowest BCUT2D eigenvalue weighted by atomic mass is 9.81. The summed E-state index contributed by atoms with van der Waals surface area (Å²) in [6.45, 7) is 10.3. The van der Waals surface area contributed by atoms with Gasteiger partial charge in [-0.3, -0.25) is 4.79 Å². The van der Waals surface area contributed by atoms with E-state index in [4.69, 9.17) is 28.2 Å². The zero-order valence-corrected chi connectivity index (χ0v) is 24.7. The minimum absolute atomic E-state index is 0.0496. The van der Waals surface area contributed by atoms with Crippen LogP contribution in [0.4, 0.5) is 0 Å². The topological polar surface area (TPSA) is 76.4 Å². The number of carbonyl (C=O) groups excluding carboxylic acids is 1. The molecule has 9 heteroatoms. The summed E-state index contributed by atoms with van der Waals surface area (Å²) < 4.78 is 0. The standard InChI is InChI=1S/C29H35Cl2N3O3S/c1-17(2)24-25(27(37)33(18(3)4)15-14-23(36)16-35)38-28-32-29(5,20-8-12-22(31)13-9-20)26(34(24)28)19-6-10-21(30)11-7-19/h6-13,17-18,23,26,35-36H,14-16H2,1-5H3/t23-,26+,29-/m0/s1. The molecule has 0 aliphatic carbocycles. The van der Waals surface area contributed by atoms with Crippen molar-refractivity contribution in [1.29, 1.82) is 0 Å². The van der Waals surface area contributed by atoms with Crippen molar-refractivity contribution in [2.75, 3.05) is 13.2 Å². The van der Waals surface area contributed by atoms with Crippen LogP contribution in [0.2, 0.25) is 10.0 Å². The fraction of sp³-hybridized carbons (Fsp3) is 0.448. The van der Waals surface area contributed by atoms with Gasteiger partial charge in [-0.15, -0.1) is 0 Å². The van der Waals surface area contributed by atoms with Crippen LogP contribution >= 0.6 is 35.0 Å². The molecule has 2 N–H and O–H groups in total. The van der Waals surface area contributed by atoms with Crippen LogP contribution < -0.4 is 0 Å². The van der Waals surface area contributed by atoms with Crippen molar-refractivity contribution in [3.63, 3.8) is 0 Å². The lowest BCUT2D eigenvalue weighted by Gasteiger charge is -2.37. The third kappa shape index (κ3) is 5.50. The summed E-state index contributed by atoms with van der Waals surface area (Å²) in [6.07, 6.45) is -0.553. The Morgan fingerprint density at radius 3 is 2.18 bits per heavy atom. The number of aliphatic hydroxyl groups is 2. The summed E-state index contributed by atoms with van der Waals surface area (Å²) >= 11 is 13.9. The molecule has 0 saturated heterocycles. The molecule has 0 spiro atoms. The molecule has 204 valence electrons. The van der Waals surface area contributed by atoms with E-state index in [1.165, 1.54) is 11.8 Å². The minimum Gasteiger partial charge on any atom is -0.394 e. The molecule has 2 aliphatic heterocycles. The molecule has 0 unspecified atom stereocenters. The molecular weight excluding hydrogens is 541 g/mol. The van der Waals surface area contributed by atoms with Crippen LogP contribution in [0.15, 0.2) is 64.1 Å². The number of fused-ring (bicyclic) bond motifs is 1. The van der Waals surface area contributed by atoms with Crippen LogP contribution in [0.3, 0.4) is 0 Å². The molecule has 4 rings (SSSR count). The molecule has 0 radical (unpaired) electrons. The van der Waals surface area contributed by atoms with E-state index >= 15 is 0 Å². The monoisotopic (exact) mass is 575 g/mol. The predicted molar refractivity (Wildman–Crippen MR) is 156 cm³/mol. The van der Waals surface area contributed by atoms with Gasteiger partial charge in [0.2, 0.25) is 0 Å². The Balaban J connectivity index is 1.81. The highest BCUT2D eigenvalue weighted by atomic mass is 35.5. The van der Waals surface area contributed by atoms with Crippen molar-refractivity contribution in [3.8, 4) is 0 Å². The average molecular weight is 577 g/mol. The largest absolute Gasteiger partial charge is 0.394 e. The molecule has 0 saturated carbocycles. The Morgan fingerprint density at radius 1 is 1.08 bits per heavy atom. The summed E-state index contributed by atoms with van der Waals surface area (Å²) in [5, 5.41) is 21.3. The number of halogens is 2. The van der Waals surface area contributed by atoms with Crippen LogP contribution in [0.5, 0.6) is 0 Å². The Kier molecular flexibility index (Phi) is 8.85. The van der Waals surface area contributed by atoms with Gasteiger partial charge in [-0.05, 0) is 80.3 Å². The van der Waals surface area contributed by atoms with Crippen LogP contribution in [0, 0.1) is 5.92 Å². The fourth-order valence-corrected chi connectivity index (χ4v) is 6.78. The summed E-state index contributed by atoms with van der Waals surface area (Å²) in [5.41, 5.74) is 2.38. The van der Waals surface area contributed by atoms with Crippen molar-refractivity contribution in [2.24, 2.45) is 10.9 Å². The van der Waals surface area contributed by atoms with E-state index < -0.39 is 11.6 Å². The van der Waals surface area contributed by atoms with Gasteiger partial charge in [0, 0.05) is 28.3 Å². The Morgan fingerprint density at radius 2 is 1.66 bits per heavy atom. The Bertz CT molecular complexity index is 1230. The predicted octanol–water partition coefficient (Wildman–Crippen LogP) is 6.22. The van der Waals surface area contributed by atoms with Gasteiger partial charge >= 0.3 is 0 Å². The normalized spacial score (nSPS) is 21.8. The van der Waals surface area contributed by atoms with Crippen molar-refractivity contribution in [1.82, 2.24) is 9.80 Å². The molecule has 2 aliphatic rings. The van der Waals surface area contributed by atoms with Gasteiger partial charge < -0.3 is 20.0 Å². The lowest BCUT2D eigenvalue weighted by molar-refractivity contribution is -0.128. The number of rotatable bonds is 9. The maximum absolute atomic E-state index is 14.0. The Hall–Kier alpha value is -2.03. The molecule has 6 nitrogen and oxygen atoms in total. The van der Waals surface area contributed by atoms with Crippen molar-refractivity contribution in [3.05, 3.63) is 80.3 Å². The van der Waals surface area contributed by atoms with Gasteiger partial charge in [-0.25, -0.2) is 4.99 Å². The first-order chi connectivity index (χ1) is 18.0. The zero-order valence-electron chi connectivity index (χ0n) is 22.4. The fourth-order valence-electron chi connectivity index (χ4n) is 5.17. The van der Waals surface area contributed by atoms with Crippen LogP contribution in [0.1, 0.15) is 58.2 Å². The van der Waals surface area contributed by atoms with E-state index in [9.17, 15) is 15.0 Å². The van der Waals surface area contributed by atoms with E-state index in [-0.39, 0.29) is 30.5 Å². The molecule has 0 aromatic heterocycles. The van der Waals surface area contributed by atoms with Crippen LogP contribution in [-0.2, 0) is 10.3 Å². The highest BCUT2D eigenvalue weighted by Crippen LogP contribution is 2.56. The van der Waals surface area contributed by atoms with Gasteiger partial charge in [-0.2, -0.15) is 0 Å². The van der Waals surface area contributed by atoms with Crippen molar-refractivity contribution >= 4 is 46.0 Å². The summed E-state index contributed by atoms with van der Waals surface area (Å²) in [6, 6.07) is 15.3. The average Bonchev–Trinajstić information content (AvgIpc) is 3.37. The molecule has 3 atom stereocenters. The van der Waals surface area contributed by atoms with E-state index in [0.717, 1.165) is 22.0 Å². The van der Waals surface area contributed by atoms with E-state index in [1.54, 1.807) is 4.90 Å². The van der Waals surface area contributed by atoms with Gasteiger partial charge in [-0.1, -0.05) is 61.3 Å². The van der Waals surface area contributed by atoms with E-state index in [0.29, 0.717) is 27.9 Å². The molecule has 38 heavy (non-hydrogen) atoms. The first-order valence-electron chi connectivity index (χ1n) is 12.9. The first kappa shape index (κ1) is 29.0. The van der Waals surface area contributed by atoms with Crippen molar-refractivity contribution in [2.45, 2.75) is 64.8 Å². The quantitative estimate of drug-likeness (QED) is 0.371. The molecule has 2 aromatic carbocycles. The summed E-state index contributed by atoms with van der Waals surface area (Å²) in [7, 11) is 0. The number of carbonyl (C=O) groups is 1. The number of benzene rings is 2. The number of hydrogen-bond donors (Lipinski definition) is 2. The highest BCUT2D eigenvalue weighted by molar-refractivity contribution is 8.18. The zero-order chi connectivity index (χ0) is 27.8. The number of amides is 1. The number of aliphatic imine (C=N–C) groups is 1. The van der Waals surface area contributed by atoms with E-state index in [2.05, 4.69) is 25.7 Å². The Labute approximate surface area is 239 Å². The summed E-state index contributed by atoms with van der Waals surface area (Å²) in [5.74, 6) is -0.0347. The number of nitrogens with zero attached hydrogens (tertiary/aromatic N) is 3. The first-order valence-corrected chi connectivity index (χ1v) is 14.5. The second-order valence-electron chi connectivity index (χ2n) is 10.6. The van der Waals surface area contributed by atoms with E-state index in [1.807, 2.05) is 62.4 Å². The van der Waals surface area contributed by atoms with Crippen LogP contribution in [-0.4, -0.2) is 56.4 Å². The van der Waals surface area contributed by atoms with Gasteiger partial charge in [0.25, 0.3) is 5.91 Å². The third-order valence-electron chi connectivity index (χ3n) is 7.16. The second kappa shape index (κ2) is 11.6. The van der Waals surface area contributed by atoms with Gasteiger partial charge in [0.05, 0.1) is 18.8 Å². The number of thioether (sulfide) groups is 1. The molecule has 2 heterocycles. The maximum Gasteiger partial charge on any atom is 0.262 e. The number of aliphatic hydroxyl groups excluding tert-OH is 2. The highest BCUT2D eigenvalue weighted by Gasteiger charge is 2.53. The third-order valence-corrected chi connectivity index (χ3v) is 8.73. The van der Waals surface area contributed by atoms with Gasteiger partial charge in [0.15, 0.2) is 5.17 Å². The molecule has 2 aromatic rings. The maximum atomic E-state index is 14.0. The van der Waals surface area contributed by atoms with Crippen molar-refractivity contribution < 1.29 is 15.0 Å². The smallest absolute Gasteiger partial charge is 0.262 e. The SMILES string of the molecule is CC(C)C1=C(C(=O)N(CC[C@H](O)CO)C(C)C)SC2=N[C@@](C)(c3ccc(Cl)cc3)[C@@H](c3ccc(Cl)cc3)N21. The second-order valence-corrected chi connectivity index (χ2v) is 12.4. The number of allylic oxidation sites excluding steroid dienone is 1. The number of hydrogen-bond acceptors (Lipinski definition) is 6. The lowest BCUT2D eigenvalue weighted by Crippen LogP contribution is -2.40. The molecule has 1 amide bonds. The molecular formula is C29H35Cl2N3O3S. The molecule has 0 fully saturated rings. The summed E-state index contributed by atoms with van der Waals surface area (Å²) in [4.78, 5) is 23.9. The minimum atomic E-state index is -0.860. The van der Waals surface area contributed by atoms with Crippen LogP contribution in [0.25, 0.3) is 0 Å². The number of amidine groups is 1. The van der Waals surface area contributed by atoms with Gasteiger partial charge in [0.1, 0.15) is 10.4 Å².